The fourth-order valence-corrected chi connectivity index (χ4v) is 2.04. The maximum atomic E-state index is 11.9. The molecule has 0 aliphatic rings. The van der Waals surface area contributed by atoms with E-state index in [0.717, 1.165) is 5.69 Å². The predicted octanol–water partition coefficient (Wildman–Crippen LogP) is 2.71. The van der Waals surface area contributed by atoms with Crippen LogP contribution >= 0.6 is 23.2 Å². The van der Waals surface area contributed by atoms with Crippen molar-refractivity contribution in [1.82, 2.24) is 9.78 Å². The average molecular weight is 314 g/mol. The fourth-order valence-electron chi connectivity index (χ4n) is 1.71. The number of nitrogens with two attached hydrogens (primary N) is 1. The Morgan fingerprint density at radius 3 is 2.80 bits per heavy atom. The van der Waals surface area contributed by atoms with Gasteiger partial charge in [0.2, 0.25) is 0 Å². The summed E-state index contributed by atoms with van der Waals surface area (Å²) >= 11 is 11.7. The number of hydrogen-bond acceptors (Lipinski definition) is 4. The predicted molar refractivity (Wildman–Crippen MR) is 78.1 cm³/mol. The first-order chi connectivity index (χ1) is 9.49. The minimum Gasteiger partial charge on any atom is -0.462 e. The van der Waals surface area contributed by atoms with Crippen molar-refractivity contribution in [1.29, 1.82) is 0 Å². The van der Waals surface area contributed by atoms with Crippen LogP contribution in [0.5, 0.6) is 0 Å². The standard InChI is InChI=1S/C13H13Cl2N3O2/c1-18-9(2-4-17-18)3-5-20-13(19)8-6-10(14)12(15)11(16)7-8/h2,4,6-7H,3,5,16H2,1H3. The number of aromatic nitrogens is 2. The number of benzene rings is 1. The van der Waals surface area contributed by atoms with Crippen LogP contribution in [0.2, 0.25) is 10.0 Å². The number of anilines is 1. The maximum Gasteiger partial charge on any atom is 0.338 e. The van der Waals surface area contributed by atoms with Crippen LogP contribution in [0.15, 0.2) is 24.4 Å². The Labute approximate surface area is 126 Å². The normalized spacial score (nSPS) is 10.6. The van der Waals surface area contributed by atoms with E-state index >= 15 is 0 Å². The lowest BCUT2D eigenvalue weighted by atomic mass is 10.2. The summed E-state index contributed by atoms with van der Waals surface area (Å²) in [5.74, 6) is -0.488. The van der Waals surface area contributed by atoms with Crippen LogP contribution in [0, 0.1) is 0 Å². The number of nitrogen functional groups attached to an aromatic ring is 1. The Kier molecular flexibility index (Phi) is 4.52. The van der Waals surface area contributed by atoms with Crippen LogP contribution in [0.3, 0.4) is 0 Å². The summed E-state index contributed by atoms with van der Waals surface area (Å²) < 4.78 is 6.90. The molecule has 7 heteroatoms. The topological polar surface area (TPSA) is 70.1 Å². The van der Waals surface area contributed by atoms with Gasteiger partial charge < -0.3 is 10.5 Å². The Bertz CT molecular complexity index is 617. The van der Waals surface area contributed by atoms with E-state index in [0.29, 0.717) is 6.42 Å². The van der Waals surface area contributed by atoms with E-state index in [1.807, 2.05) is 13.1 Å². The fraction of sp³-hybridized carbons (Fsp3) is 0.231. The highest BCUT2D eigenvalue weighted by Gasteiger charge is 2.12. The molecule has 5 nitrogen and oxygen atoms in total. The number of rotatable bonds is 4. The number of nitrogens with zero attached hydrogens (tertiary/aromatic N) is 2. The number of aryl methyl sites for hydroxylation is 1. The van der Waals surface area contributed by atoms with Crippen LogP contribution in [-0.4, -0.2) is 22.4 Å². The number of ether oxygens (including phenoxy) is 1. The van der Waals surface area contributed by atoms with E-state index < -0.39 is 5.97 Å². The molecule has 0 aliphatic heterocycles. The van der Waals surface area contributed by atoms with Crippen molar-refractivity contribution in [3.05, 3.63) is 45.7 Å². The summed E-state index contributed by atoms with van der Waals surface area (Å²) in [4.78, 5) is 11.9. The molecule has 2 rings (SSSR count). The lowest BCUT2D eigenvalue weighted by Crippen LogP contribution is -2.10. The molecule has 0 amide bonds. The van der Waals surface area contributed by atoms with E-state index in [2.05, 4.69) is 5.10 Å². The lowest BCUT2D eigenvalue weighted by molar-refractivity contribution is 0.0507. The number of halogens is 2. The van der Waals surface area contributed by atoms with E-state index in [1.165, 1.54) is 12.1 Å². The van der Waals surface area contributed by atoms with Crippen molar-refractivity contribution in [2.24, 2.45) is 7.05 Å². The highest BCUT2D eigenvalue weighted by molar-refractivity contribution is 6.43. The van der Waals surface area contributed by atoms with Crippen LogP contribution in [0.25, 0.3) is 0 Å². The third-order valence-electron chi connectivity index (χ3n) is 2.81. The molecule has 0 bridgehead atoms. The summed E-state index contributed by atoms with van der Waals surface area (Å²) in [6.07, 6.45) is 2.27. The zero-order chi connectivity index (χ0) is 14.7. The largest absolute Gasteiger partial charge is 0.462 e. The van der Waals surface area contributed by atoms with Gasteiger partial charge in [0.1, 0.15) is 0 Å². The van der Waals surface area contributed by atoms with Gasteiger partial charge in [0.05, 0.1) is 27.9 Å². The molecule has 0 atom stereocenters. The third-order valence-corrected chi connectivity index (χ3v) is 3.62. The van der Waals surface area contributed by atoms with E-state index in [1.54, 1.807) is 10.9 Å². The van der Waals surface area contributed by atoms with Crippen LogP contribution < -0.4 is 5.73 Å². The minimum atomic E-state index is -0.488. The van der Waals surface area contributed by atoms with Gasteiger partial charge in [-0.1, -0.05) is 23.2 Å². The molecule has 0 fully saturated rings. The lowest BCUT2D eigenvalue weighted by Gasteiger charge is -2.07. The second kappa shape index (κ2) is 6.15. The molecule has 0 spiro atoms. The summed E-state index contributed by atoms with van der Waals surface area (Å²) in [7, 11) is 1.83. The summed E-state index contributed by atoms with van der Waals surface area (Å²) in [5, 5.41) is 4.49. The van der Waals surface area contributed by atoms with Crippen LogP contribution in [0.4, 0.5) is 5.69 Å². The molecule has 20 heavy (non-hydrogen) atoms. The van der Waals surface area contributed by atoms with Gasteiger partial charge >= 0.3 is 5.97 Å². The SMILES string of the molecule is Cn1nccc1CCOC(=O)c1cc(N)c(Cl)c(Cl)c1. The Morgan fingerprint density at radius 2 is 2.20 bits per heavy atom. The van der Waals surface area contributed by atoms with Gasteiger partial charge in [-0.2, -0.15) is 5.10 Å². The first-order valence-corrected chi connectivity index (χ1v) is 6.63. The van der Waals surface area contributed by atoms with E-state index in [-0.39, 0.29) is 27.9 Å². The molecule has 1 heterocycles. The van der Waals surface area contributed by atoms with Crippen LogP contribution in [0.1, 0.15) is 16.1 Å². The quantitative estimate of drug-likeness (QED) is 0.696. The monoisotopic (exact) mass is 313 g/mol. The van der Waals surface area contributed by atoms with Gasteiger partial charge in [0.15, 0.2) is 0 Å². The molecule has 0 saturated heterocycles. The third kappa shape index (κ3) is 3.23. The molecule has 2 aromatic rings. The van der Waals surface area contributed by atoms with Gasteiger partial charge in [-0.25, -0.2) is 4.79 Å². The molecular weight excluding hydrogens is 301 g/mol. The molecule has 0 unspecified atom stereocenters. The number of hydrogen-bond donors (Lipinski definition) is 1. The zero-order valence-electron chi connectivity index (χ0n) is 10.8. The van der Waals surface area contributed by atoms with Crippen molar-refractivity contribution in [3.8, 4) is 0 Å². The van der Waals surface area contributed by atoms with Crippen molar-refractivity contribution in [2.45, 2.75) is 6.42 Å². The van der Waals surface area contributed by atoms with Gasteiger partial charge in [-0.3, -0.25) is 4.68 Å². The Morgan fingerprint density at radius 1 is 1.45 bits per heavy atom. The van der Waals surface area contributed by atoms with Gasteiger partial charge in [0.25, 0.3) is 0 Å². The summed E-state index contributed by atoms with van der Waals surface area (Å²) in [6.45, 7) is 0.249. The first-order valence-electron chi connectivity index (χ1n) is 5.87. The van der Waals surface area contributed by atoms with Crippen molar-refractivity contribution < 1.29 is 9.53 Å². The second-order valence-electron chi connectivity index (χ2n) is 4.19. The maximum absolute atomic E-state index is 11.9. The molecule has 2 N–H and O–H groups in total. The molecule has 1 aromatic carbocycles. The number of carbonyl (C=O) groups excluding carboxylic acids is 1. The molecule has 0 aliphatic carbocycles. The molecule has 106 valence electrons. The highest BCUT2D eigenvalue weighted by atomic mass is 35.5. The van der Waals surface area contributed by atoms with Crippen molar-refractivity contribution in [3.63, 3.8) is 0 Å². The molecule has 1 aromatic heterocycles. The average Bonchev–Trinajstić information content (AvgIpc) is 2.81. The van der Waals surface area contributed by atoms with E-state index in [9.17, 15) is 4.79 Å². The molecule has 0 saturated carbocycles. The zero-order valence-corrected chi connectivity index (χ0v) is 12.3. The van der Waals surface area contributed by atoms with Crippen LogP contribution in [-0.2, 0) is 18.2 Å². The Hall–Kier alpha value is -1.72. The smallest absolute Gasteiger partial charge is 0.338 e. The molecular formula is C13H13Cl2N3O2. The first kappa shape index (κ1) is 14.7. The van der Waals surface area contributed by atoms with E-state index in [4.69, 9.17) is 33.7 Å². The van der Waals surface area contributed by atoms with Gasteiger partial charge in [-0.05, 0) is 18.2 Å². The summed E-state index contributed by atoms with van der Waals surface area (Å²) in [6, 6.07) is 4.75. The summed E-state index contributed by atoms with van der Waals surface area (Å²) in [5.41, 5.74) is 7.15. The highest BCUT2D eigenvalue weighted by Crippen LogP contribution is 2.29. The second-order valence-corrected chi connectivity index (χ2v) is 4.98. The number of esters is 1. The van der Waals surface area contributed by atoms with Gasteiger partial charge in [-0.15, -0.1) is 0 Å². The Balaban J connectivity index is 1.97. The van der Waals surface area contributed by atoms with Crippen molar-refractivity contribution >= 4 is 34.9 Å². The molecule has 0 radical (unpaired) electrons. The minimum absolute atomic E-state index is 0.227. The number of carbonyl (C=O) groups is 1. The van der Waals surface area contributed by atoms with Gasteiger partial charge in [0, 0.05) is 25.4 Å². The van der Waals surface area contributed by atoms with Crippen molar-refractivity contribution in [2.75, 3.05) is 12.3 Å².